The molecule has 0 aliphatic carbocycles. The number of anilines is 2. The summed E-state index contributed by atoms with van der Waals surface area (Å²) >= 11 is 0. The van der Waals surface area contributed by atoms with Crippen LogP contribution in [0.5, 0.6) is 0 Å². The largest absolute Gasteiger partial charge is 0.478 e. The van der Waals surface area contributed by atoms with Crippen LogP contribution in [0.3, 0.4) is 0 Å². The Morgan fingerprint density at radius 3 is 2.65 bits per heavy atom. The van der Waals surface area contributed by atoms with Gasteiger partial charge in [0.1, 0.15) is 0 Å². The smallest absolute Gasteiger partial charge is 0.335 e. The lowest BCUT2D eigenvalue weighted by Crippen LogP contribution is -2.35. The van der Waals surface area contributed by atoms with Crippen molar-refractivity contribution < 1.29 is 14.7 Å². The highest BCUT2D eigenvalue weighted by Gasteiger charge is 2.21. The molecule has 1 atom stereocenters. The Kier molecular flexibility index (Phi) is 5.26. The summed E-state index contributed by atoms with van der Waals surface area (Å²) in [5.74, 6) is -0.666. The number of carbonyl (C=O) groups is 2. The SMILES string of the molecule is Cc1cccc(C(=O)Nc2cc(C(=O)O)ccc2N2CCC[C@H](C)C2)c1. The Bertz CT molecular complexity index is 832. The summed E-state index contributed by atoms with van der Waals surface area (Å²) in [5.41, 5.74) is 3.15. The summed E-state index contributed by atoms with van der Waals surface area (Å²) in [6.07, 6.45) is 2.28. The van der Waals surface area contributed by atoms with Gasteiger partial charge in [0.05, 0.1) is 16.9 Å². The van der Waals surface area contributed by atoms with Crippen LogP contribution in [-0.2, 0) is 0 Å². The van der Waals surface area contributed by atoms with Crippen LogP contribution in [-0.4, -0.2) is 30.1 Å². The molecule has 0 radical (unpaired) electrons. The maximum absolute atomic E-state index is 12.7. The third kappa shape index (κ3) is 4.04. The molecule has 1 heterocycles. The fourth-order valence-electron chi connectivity index (χ4n) is 3.43. The number of hydrogen-bond donors (Lipinski definition) is 2. The van der Waals surface area contributed by atoms with Crippen LogP contribution in [0.1, 0.15) is 46.0 Å². The minimum absolute atomic E-state index is 0.165. The molecular weight excluding hydrogens is 328 g/mol. The standard InChI is InChI=1S/C21H24N2O3/c1-14-5-3-7-16(11-14)20(24)22-18-12-17(21(25)26)8-9-19(18)23-10-4-6-15(2)13-23/h3,5,7-9,11-12,15H,4,6,10,13H2,1-2H3,(H,22,24)(H,25,26)/t15-/m0/s1. The van der Waals surface area contributed by atoms with E-state index in [-0.39, 0.29) is 11.5 Å². The van der Waals surface area contributed by atoms with Crippen LogP contribution in [0.4, 0.5) is 11.4 Å². The van der Waals surface area contributed by atoms with E-state index in [9.17, 15) is 14.7 Å². The molecule has 1 saturated heterocycles. The van der Waals surface area contributed by atoms with Crippen LogP contribution in [0.15, 0.2) is 42.5 Å². The quantitative estimate of drug-likeness (QED) is 0.866. The first-order valence-electron chi connectivity index (χ1n) is 8.94. The summed E-state index contributed by atoms with van der Waals surface area (Å²) in [4.78, 5) is 26.3. The van der Waals surface area contributed by atoms with Gasteiger partial charge in [0.2, 0.25) is 0 Å². The molecule has 0 unspecified atom stereocenters. The van der Waals surface area contributed by atoms with Gasteiger partial charge >= 0.3 is 5.97 Å². The Labute approximate surface area is 153 Å². The molecule has 3 rings (SSSR count). The van der Waals surface area contributed by atoms with Crippen molar-refractivity contribution in [1.29, 1.82) is 0 Å². The summed E-state index contributed by atoms with van der Waals surface area (Å²) in [7, 11) is 0. The number of rotatable bonds is 4. The van der Waals surface area contributed by atoms with E-state index >= 15 is 0 Å². The van der Waals surface area contributed by atoms with E-state index in [2.05, 4.69) is 17.1 Å². The van der Waals surface area contributed by atoms with E-state index < -0.39 is 5.97 Å². The van der Waals surface area contributed by atoms with Crippen molar-refractivity contribution in [3.8, 4) is 0 Å². The second-order valence-corrected chi connectivity index (χ2v) is 7.05. The minimum Gasteiger partial charge on any atom is -0.478 e. The maximum Gasteiger partial charge on any atom is 0.335 e. The first kappa shape index (κ1) is 18.0. The lowest BCUT2D eigenvalue weighted by atomic mass is 9.99. The molecule has 1 fully saturated rings. The van der Waals surface area contributed by atoms with Crippen molar-refractivity contribution in [2.75, 3.05) is 23.3 Å². The molecular formula is C21H24N2O3. The van der Waals surface area contributed by atoms with Crippen LogP contribution in [0.2, 0.25) is 0 Å². The van der Waals surface area contributed by atoms with Crippen molar-refractivity contribution in [3.63, 3.8) is 0 Å². The van der Waals surface area contributed by atoms with E-state index in [0.29, 0.717) is 17.2 Å². The third-order valence-electron chi connectivity index (χ3n) is 4.77. The number of nitrogens with zero attached hydrogens (tertiary/aromatic N) is 1. The van der Waals surface area contributed by atoms with Gasteiger partial charge in [-0.05, 0) is 56.0 Å². The summed E-state index contributed by atoms with van der Waals surface area (Å²) < 4.78 is 0. The molecule has 0 saturated carbocycles. The monoisotopic (exact) mass is 352 g/mol. The van der Waals surface area contributed by atoms with Gasteiger partial charge in [-0.3, -0.25) is 4.79 Å². The number of carbonyl (C=O) groups excluding carboxylic acids is 1. The Balaban J connectivity index is 1.93. The molecule has 5 nitrogen and oxygen atoms in total. The molecule has 0 spiro atoms. The predicted molar refractivity (Wildman–Crippen MR) is 103 cm³/mol. The van der Waals surface area contributed by atoms with Gasteiger partial charge in [-0.1, -0.05) is 24.6 Å². The first-order valence-corrected chi connectivity index (χ1v) is 8.94. The van der Waals surface area contributed by atoms with Crippen LogP contribution < -0.4 is 10.2 Å². The second-order valence-electron chi connectivity index (χ2n) is 7.05. The fourth-order valence-corrected chi connectivity index (χ4v) is 3.43. The average Bonchev–Trinajstić information content (AvgIpc) is 2.61. The van der Waals surface area contributed by atoms with Crippen molar-refractivity contribution in [3.05, 3.63) is 59.2 Å². The second kappa shape index (κ2) is 7.60. The van der Waals surface area contributed by atoms with Crippen LogP contribution >= 0.6 is 0 Å². The lowest BCUT2D eigenvalue weighted by molar-refractivity contribution is 0.0696. The molecule has 2 N–H and O–H groups in total. The number of hydrogen-bond acceptors (Lipinski definition) is 3. The number of amides is 1. The van der Waals surface area contributed by atoms with Crippen molar-refractivity contribution in [2.45, 2.75) is 26.7 Å². The molecule has 0 bridgehead atoms. The highest BCUT2D eigenvalue weighted by Crippen LogP contribution is 2.31. The van der Waals surface area contributed by atoms with Gasteiger partial charge in [-0.2, -0.15) is 0 Å². The van der Waals surface area contributed by atoms with Crippen LogP contribution in [0, 0.1) is 12.8 Å². The predicted octanol–water partition coefficient (Wildman–Crippen LogP) is 4.18. The summed E-state index contributed by atoms with van der Waals surface area (Å²) in [6.45, 7) is 5.95. The Morgan fingerprint density at radius 2 is 1.96 bits per heavy atom. The maximum atomic E-state index is 12.7. The van der Waals surface area contributed by atoms with Gasteiger partial charge in [0.15, 0.2) is 0 Å². The number of carboxylic acid groups (broad SMARTS) is 1. The molecule has 2 aromatic carbocycles. The zero-order valence-corrected chi connectivity index (χ0v) is 15.2. The summed E-state index contributed by atoms with van der Waals surface area (Å²) in [6, 6.07) is 12.3. The van der Waals surface area contributed by atoms with Crippen molar-refractivity contribution in [1.82, 2.24) is 0 Å². The third-order valence-corrected chi connectivity index (χ3v) is 4.77. The van der Waals surface area contributed by atoms with E-state index in [1.807, 2.05) is 25.1 Å². The van der Waals surface area contributed by atoms with E-state index in [1.165, 1.54) is 6.42 Å². The van der Waals surface area contributed by atoms with E-state index in [1.54, 1.807) is 24.3 Å². The van der Waals surface area contributed by atoms with Gasteiger partial charge in [0.25, 0.3) is 5.91 Å². The normalized spacial score (nSPS) is 17.0. The zero-order chi connectivity index (χ0) is 18.7. The number of aryl methyl sites for hydroxylation is 1. The number of aromatic carboxylic acids is 1. The lowest BCUT2D eigenvalue weighted by Gasteiger charge is -2.34. The first-order chi connectivity index (χ1) is 12.4. The molecule has 5 heteroatoms. The molecule has 1 aliphatic heterocycles. The Hall–Kier alpha value is -2.82. The number of piperidine rings is 1. The number of benzene rings is 2. The topological polar surface area (TPSA) is 69.6 Å². The molecule has 1 amide bonds. The number of carboxylic acids is 1. The van der Waals surface area contributed by atoms with Gasteiger partial charge < -0.3 is 15.3 Å². The molecule has 0 aromatic heterocycles. The van der Waals surface area contributed by atoms with E-state index in [0.717, 1.165) is 30.8 Å². The van der Waals surface area contributed by atoms with Gasteiger partial charge in [0, 0.05) is 18.7 Å². The van der Waals surface area contributed by atoms with Gasteiger partial charge in [-0.15, -0.1) is 0 Å². The summed E-state index contributed by atoms with van der Waals surface area (Å²) in [5, 5.41) is 12.2. The molecule has 136 valence electrons. The molecule has 1 aliphatic rings. The van der Waals surface area contributed by atoms with Gasteiger partial charge in [-0.25, -0.2) is 4.79 Å². The fraction of sp³-hybridized carbons (Fsp3) is 0.333. The van der Waals surface area contributed by atoms with Crippen molar-refractivity contribution in [2.24, 2.45) is 5.92 Å². The molecule has 2 aromatic rings. The number of nitrogens with one attached hydrogen (secondary N) is 1. The highest BCUT2D eigenvalue weighted by molar-refractivity contribution is 6.06. The minimum atomic E-state index is -1.00. The highest BCUT2D eigenvalue weighted by atomic mass is 16.4. The molecule has 26 heavy (non-hydrogen) atoms. The van der Waals surface area contributed by atoms with Crippen LogP contribution in [0.25, 0.3) is 0 Å². The van der Waals surface area contributed by atoms with Crippen molar-refractivity contribution >= 4 is 23.3 Å². The van der Waals surface area contributed by atoms with E-state index in [4.69, 9.17) is 0 Å². The Morgan fingerprint density at radius 1 is 1.15 bits per heavy atom. The average molecular weight is 352 g/mol. The zero-order valence-electron chi connectivity index (χ0n) is 15.2.